The van der Waals surface area contributed by atoms with Crippen LogP contribution in [0.4, 0.5) is 11.4 Å². The van der Waals surface area contributed by atoms with Gasteiger partial charge in [-0.2, -0.15) is 0 Å². The highest BCUT2D eigenvalue weighted by molar-refractivity contribution is 5.80. The molecule has 6 nitrogen and oxygen atoms in total. The van der Waals surface area contributed by atoms with Gasteiger partial charge in [0.2, 0.25) is 5.91 Å². The molecule has 0 aliphatic carbocycles. The number of carbonyl (C=O) groups is 1. The molecule has 0 saturated carbocycles. The number of aryl methyl sites for hydroxylation is 1. The van der Waals surface area contributed by atoms with Crippen molar-refractivity contribution in [3.63, 3.8) is 0 Å². The summed E-state index contributed by atoms with van der Waals surface area (Å²) in [5.74, 6) is 0.265. The maximum Gasteiger partial charge on any atom is 0.274 e. The van der Waals surface area contributed by atoms with Gasteiger partial charge in [0, 0.05) is 23.9 Å². The maximum atomic E-state index is 11.5. The summed E-state index contributed by atoms with van der Waals surface area (Å²) in [6, 6.07) is 4.82. The van der Waals surface area contributed by atoms with Crippen molar-refractivity contribution in [2.45, 2.75) is 20.8 Å². The van der Waals surface area contributed by atoms with Gasteiger partial charge >= 0.3 is 0 Å². The zero-order valence-electron chi connectivity index (χ0n) is 11.4. The highest BCUT2D eigenvalue weighted by Crippen LogP contribution is 2.21. The van der Waals surface area contributed by atoms with Crippen LogP contribution in [0.3, 0.4) is 0 Å². The predicted molar refractivity (Wildman–Crippen MR) is 74.2 cm³/mol. The highest BCUT2D eigenvalue weighted by atomic mass is 16.6. The smallest absolute Gasteiger partial charge is 0.274 e. The van der Waals surface area contributed by atoms with E-state index in [0.29, 0.717) is 23.7 Å². The van der Waals surface area contributed by atoms with Gasteiger partial charge in [-0.25, -0.2) is 0 Å². The largest absolute Gasteiger partial charge is 0.376 e. The summed E-state index contributed by atoms with van der Waals surface area (Å²) in [4.78, 5) is 21.9. The number of nitrogens with zero attached hydrogens (tertiary/aromatic N) is 1. The van der Waals surface area contributed by atoms with Gasteiger partial charge in [-0.05, 0) is 18.9 Å². The summed E-state index contributed by atoms with van der Waals surface area (Å²) in [7, 11) is 0. The van der Waals surface area contributed by atoms with Crippen molar-refractivity contribution in [3.05, 3.63) is 33.9 Å². The van der Waals surface area contributed by atoms with Gasteiger partial charge in [0.25, 0.3) is 5.69 Å². The molecule has 104 valence electrons. The third kappa shape index (κ3) is 4.95. The minimum atomic E-state index is -0.431. The van der Waals surface area contributed by atoms with Crippen molar-refractivity contribution in [1.29, 1.82) is 0 Å². The van der Waals surface area contributed by atoms with Crippen molar-refractivity contribution in [2.75, 3.05) is 18.4 Å². The van der Waals surface area contributed by atoms with E-state index in [1.54, 1.807) is 19.1 Å². The molecule has 0 atom stereocenters. The molecule has 0 spiro atoms. The first-order valence-electron chi connectivity index (χ1n) is 6.15. The van der Waals surface area contributed by atoms with Crippen LogP contribution in [0.5, 0.6) is 0 Å². The molecule has 1 amide bonds. The van der Waals surface area contributed by atoms with Crippen LogP contribution < -0.4 is 10.6 Å². The Bertz CT molecular complexity index is 472. The summed E-state index contributed by atoms with van der Waals surface area (Å²) >= 11 is 0. The molecule has 0 unspecified atom stereocenters. The van der Waals surface area contributed by atoms with E-state index >= 15 is 0 Å². The Labute approximate surface area is 112 Å². The molecule has 0 aliphatic heterocycles. The Morgan fingerprint density at radius 2 is 2.11 bits per heavy atom. The normalized spacial score (nSPS) is 10.3. The minimum absolute atomic E-state index is 0.0487. The molecule has 19 heavy (non-hydrogen) atoms. The Kier molecular flexibility index (Phi) is 5.29. The molecule has 0 bridgehead atoms. The van der Waals surface area contributed by atoms with E-state index in [2.05, 4.69) is 10.6 Å². The summed E-state index contributed by atoms with van der Waals surface area (Å²) in [5, 5.41) is 16.4. The van der Waals surface area contributed by atoms with Gasteiger partial charge in [0.15, 0.2) is 0 Å². The zero-order chi connectivity index (χ0) is 14.4. The molecule has 1 aromatic carbocycles. The first kappa shape index (κ1) is 14.9. The Balaban J connectivity index is 2.56. The predicted octanol–water partition coefficient (Wildman–Crippen LogP) is 2.09. The topological polar surface area (TPSA) is 84.3 Å². The number of anilines is 1. The standard InChI is InChI=1S/C13H19N3O3/c1-9(2)7-15-13(17)8-14-11-5-4-10(3)12(6-11)16(18)19/h4-6,9,14H,7-8H2,1-3H3,(H,15,17). The number of amides is 1. The van der Waals surface area contributed by atoms with Crippen LogP contribution >= 0.6 is 0 Å². The van der Waals surface area contributed by atoms with E-state index in [1.807, 2.05) is 13.8 Å². The lowest BCUT2D eigenvalue weighted by atomic mass is 10.2. The number of benzene rings is 1. The Morgan fingerprint density at radius 3 is 2.68 bits per heavy atom. The van der Waals surface area contributed by atoms with Crippen molar-refractivity contribution in [2.24, 2.45) is 5.92 Å². The van der Waals surface area contributed by atoms with Crippen molar-refractivity contribution in [1.82, 2.24) is 5.32 Å². The number of nitrogens with one attached hydrogen (secondary N) is 2. The molecule has 1 aromatic rings. The fourth-order valence-electron chi connectivity index (χ4n) is 1.48. The highest BCUT2D eigenvalue weighted by Gasteiger charge is 2.11. The molecule has 0 heterocycles. The number of hydrogen-bond donors (Lipinski definition) is 2. The number of rotatable bonds is 6. The molecule has 1 rings (SSSR count). The van der Waals surface area contributed by atoms with Crippen LogP contribution in [0.1, 0.15) is 19.4 Å². The van der Waals surface area contributed by atoms with Gasteiger partial charge in [-0.3, -0.25) is 14.9 Å². The van der Waals surface area contributed by atoms with Gasteiger partial charge in [-0.15, -0.1) is 0 Å². The second-order valence-electron chi connectivity index (χ2n) is 4.81. The first-order chi connectivity index (χ1) is 8.90. The van der Waals surface area contributed by atoms with Crippen LogP contribution in [-0.2, 0) is 4.79 Å². The molecule has 0 radical (unpaired) electrons. The Hall–Kier alpha value is -2.11. The summed E-state index contributed by atoms with van der Waals surface area (Å²) in [6.07, 6.45) is 0. The fraction of sp³-hybridized carbons (Fsp3) is 0.462. The molecular weight excluding hydrogens is 246 g/mol. The molecule has 2 N–H and O–H groups in total. The van der Waals surface area contributed by atoms with Crippen LogP contribution in [0, 0.1) is 23.0 Å². The van der Waals surface area contributed by atoms with Crippen molar-refractivity contribution in [3.8, 4) is 0 Å². The third-order valence-electron chi connectivity index (χ3n) is 2.57. The van der Waals surface area contributed by atoms with Crippen molar-refractivity contribution >= 4 is 17.3 Å². The quantitative estimate of drug-likeness (QED) is 0.609. The van der Waals surface area contributed by atoms with Crippen LogP contribution in [0.2, 0.25) is 0 Å². The molecule has 0 aliphatic rings. The van der Waals surface area contributed by atoms with E-state index < -0.39 is 4.92 Å². The Morgan fingerprint density at radius 1 is 1.42 bits per heavy atom. The second kappa shape index (κ2) is 6.72. The molecule has 6 heteroatoms. The van der Waals surface area contributed by atoms with E-state index in [-0.39, 0.29) is 18.1 Å². The first-order valence-corrected chi connectivity index (χ1v) is 6.15. The van der Waals surface area contributed by atoms with Gasteiger partial charge in [0.1, 0.15) is 0 Å². The summed E-state index contributed by atoms with van der Waals surface area (Å²) in [5.41, 5.74) is 1.21. The number of hydrogen-bond acceptors (Lipinski definition) is 4. The zero-order valence-corrected chi connectivity index (χ0v) is 11.4. The van der Waals surface area contributed by atoms with E-state index in [4.69, 9.17) is 0 Å². The van der Waals surface area contributed by atoms with Crippen LogP contribution in [0.25, 0.3) is 0 Å². The fourth-order valence-corrected chi connectivity index (χ4v) is 1.48. The monoisotopic (exact) mass is 265 g/mol. The number of nitro benzene ring substituents is 1. The molecule has 0 saturated heterocycles. The van der Waals surface area contributed by atoms with Gasteiger partial charge < -0.3 is 10.6 Å². The van der Waals surface area contributed by atoms with Crippen LogP contribution in [0.15, 0.2) is 18.2 Å². The number of carbonyl (C=O) groups excluding carboxylic acids is 1. The van der Waals surface area contributed by atoms with Gasteiger partial charge in [0.05, 0.1) is 11.5 Å². The average molecular weight is 265 g/mol. The second-order valence-corrected chi connectivity index (χ2v) is 4.81. The summed E-state index contributed by atoms with van der Waals surface area (Å²) in [6.45, 7) is 6.42. The third-order valence-corrected chi connectivity index (χ3v) is 2.57. The van der Waals surface area contributed by atoms with E-state index in [9.17, 15) is 14.9 Å². The van der Waals surface area contributed by atoms with Crippen molar-refractivity contribution < 1.29 is 9.72 Å². The SMILES string of the molecule is Cc1ccc(NCC(=O)NCC(C)C)cc1[N+](=O)[O-]. The van der Waals surface area contributed by atoms with Gasteiger partial charge in [-0.1, -0.05) is 19.9 Å². The van der Waals surface area contributed by atoms with Crippen LogP contribution in [-0.4, -0.2) is 23.9 Å². The minimum Gasteiger partial charge on any atom is -0.376 e. The average Bonchev–Trinajstić information content (AvgIpc) is 2.35. The maximum absolute atomic E-state index is 11.5. The van der Waals surface area contributed by atoms with E-state index in [0.717, 1.165) is 0 Å². The lowest BCUT2D eigenvalue weighted by molar-refractivity contribution is -0.385. The lowest BCUT2D eigenvalue weighted by Gasteiger charge is -2.09. The summed E-state index contributed by atoms with van der Waals surface area (Å²) < 4.78 is 0. The number of nitro groups is 1. The van der Waals surface area contributed by atoms with E-state index in [1.165, 1.54) is 6.07 Å². The lowest BCUT2D eigenvalue weighted by Crippen LogP contribution is -2.32. The molecule has 0 aromatic heterocycles. The molecule has 0 fully saturated rings. The molecular formula is C13H19N3O3.